The van der Waals surface area contributed by atoms with E-state index >= 15 is 8.78 Å². The van der Waals surface area contributed by atoms with E-state index in [1.807, 2.05) is 0 Å². The van der Waals surface area contributed by atoms with Crippen LogP contribution in [0.3, 0.4) is 0 Å². The molecule has 43 heavy (non-hydrogen) atoms. The largest absolute Gasteiger partial charge is 0.573 e. The number of carbonyl (C=O) groups excluding carboxylic acids is 2. The number of aryl methyl sites for hydroxylation is 1. The zero-order valence-corrected chi connectivity index (χ0v) is 22.9. The Morgan fingerprint density at radius 3 is 2.28 bits per heavy atom. The number of methoxy groups -OCH3 is 1. The highest BCUT2D eigenvalue weighted by atomic mass is 19.4. The van der Waals surface area contributed by atoms with Crippen LogP contribution in [-0.4, -0.2) is 55.2 Å². The average molecular weight is 608 g/mol. The van der Waals surface area contributed by atoms with Crippen LogP contribution in [0.15, 0.2) is 53.5 Å². The summed E-state index contributed by atoms with van der Waals surface area (Å²) in [6, 6.07) is 5.85. The number of benzene rings is 2. The lowest BCUT2D eigenvalue weighted by atomic mass is 9.92. The number of hydrogen-bond donors (Lipinski definition) is 1. The number of aromatic nitrogens is 1. The number of amides is 2. The van der Waals surface area contributed by atoms with Crippen molar-refractivity contribution in [3.05, 3.63) is 87.3 Å². The van der Waals surface area contributed by atoms with Gasteiger partial charge < -0.3 is 29.0 Å². The molecule has 2 aliphatic heterocycles. The first kappa shape index (κ1) is 30.0. The molecule has 3 heterocycles. The van der Waals surface area contributed by atoms with Gasteiger partial charge in [0.2, 0.25) is 5.91 Å². The van der Waals surface area contributed by atoms with Crippen LogP contribution < -0.4 is 25.2 Å². The molecular formula is C29H26F5N3O6. The topological polar surface area (TPSA) is 99.1 Å². The lowest BCUT2D eigenvalue weighted by molar-refractivity contribution is -0.274. The van der Waals surface area contributed by atoms with Gasteiger partial charge in [-0.05, 0) is 49.2 Å². The molecule has 9 nitrogen and oxygen atoms in total. The van der Waals surface area contributed by atoms with Gasteiger partial charge in [0.1, 0.15) is 34.9 Å². The molecule has 228 valence electrons. The second kappa shape index (κ2) is 11.7. The number of alkyl halides is 3. The van der Waals surface area contributed by atoms with E-state index in [9.17, 15) is 27.6 Å². The van der Waals surface area contributed by atoms with E-state index in [1.165, 1.54) is 11.7 Å². The molecule has 2 unspecified atom stereocenters. The Morgan fingerprint density at radius 1 is 1.07 bits per heavy atom. The SMILES string of the molecule is COc1cc(F)c([C@@H]2CN(c3c(C)ccn(CC4CCO4)c3=O)C(=O)C2NC(=O)c2ccc(OC(F)(F)F)cc2)c(F)c1. The minimum atomic E-state index is -4.94. The van der Waals surface area contributed by atoms with Gasteiger partial charge in [-0.25, -0.2) is 8.78 Å². The number of rotatable bonds is 8. The Labute approximate surface area is 241 Å². The van der Waals surface area contributed by atoms with Gasteiger partial charge in [0, 0.05) is 48.5 Å². The first-order valence-electron chi connectivity index (χ1n) is 13.2. The van der Waals surface area contributed by atoms with E-state index in [0.29, 0.717) is 12.2 Å². The van der Waals surface area contributed by atoms with Gasteiger partial charge >= 0.3 is 6.36 Å². The zero-order valence-electron chi connectivity index (χ0n) is 22.9. The van der Waals surface area contributed by atoms with E-state index in [1.54, 1.807) is 19.2 Å². The van der Waals surface area contributed by atoms with E-state index < -0.39 is 58.6 Å². The van der Waals surface area contributed by atoms with Crippen molar-refractivity contribution in [2.45, 2.75) is 44.3 Å². The molecule has 14 heteroatoms. The number of halogens is 5. The molecule has 3 aromatic rings. The molecule has 3 atom stereocenters. The van der Waals surface area contributed by atoms with Gasteiger partial charge in [-0.1, -0.05) is 0 Å². The van der Waals surface area contributed by atoms with Crippen LogP contribution >= 0.6 is 0 Å². The van der Waals surface area contributed by atoms with Crippen LogP contribution in [0.2, 0.25) is 0 Å². The third-order valence-corrected chi connectivity index (χ3v) is 7.41. The molecule has 2 fully saturated rings. The molecule has 0 saturated carbocycles. The summed E-state index contributed by atoms with van der Waals surface area (Å²) in [7, 11) is 1.22. The van der Waals surface area contributed by atoms with Crippen molar-refractivity contribution in [1.82, 2.24) is 9.88 Å². The molecular weight excluding hydrogens is 581 g/mol. The molecule has 0 bridgehead atoms. The molecule has 0 radical (unpaired) electrons. The molecule has 2 amide bonds. The van der Waals surface area contributed by atoms with E-state index in [0.717, 1.165) is 47.7 Å². The average Bonchev–Trinajstić information content (AvgIpc) is 3.21. The summed E-state index contributed by atoms with van der Waals surface area (Å²) in [5.74, 6) is -5.75. The van der Waals surface area contributed by atoms with Crippen LogP contribution in [-0.2, 0) is 16.1 Å². The van der Waals surface area contributed by atoms with Crippen molar-refractivity contribution in [3.8, 4) is 11.5 Å². The van der Waals surface area contributed by atoms with E-state index in [4.69, 9.17) is 9.47 Å². The summed E-state index contributed by atoms with van der Waals surface area (Å²) in [6.07, 6.45) is -2.79. The third kappa shape index (κ3) is 6.19. The first-order chi connectivity index (χ1) is 20.4. The number of anilines is 1. The molecule has 0 aliphatic carbocycles. The molecule has 2 aromatic carbocycles. The first-order valence-corrected chi connectivity index (χ1v) is 13.2. The van der Waals surface area contributed by atoms with Crippen LogP contribution in [0.1, 0.15) is 33.8 Å². The smallest absolute Gasteiger partial charge is 0.497 e. The number of pyridine rings is 1. The maximum atomic E-state index is 15.3. The number of nitrogens with zero attached hydrogens (tertiary/aromatic N) is 2. The number of ether oxygens (including phenoxy) is 3. The Morgan fingerprint density at radius 2 is 1.72 bits per heavy atom. The van der Waals surface area contributed by atoms with Gasteiger partial charge in [0.05, 0.1) is 19.8 Å². The molecule has 1 aromatic heterocycles. The van der Waals surface area contributed by atoms with Gasteiger partial charge in [-0.3, -0.25) is 14.4 Å². The minimum Gasteiger partial charge on any atom is -0.497 e. The van der Waals surface area contributed by atoms with E-state index in [-0.39, 0.29) is 36.2 Å². The van der Waals surface area contributed by atoms with Crippen LogP contribution in [0, 0.1) is 18.6 Å². The molecule has 1 N–H and O–H groups in total. The highest BCUT2D eigenvalue weighted by Crippen LogP contribution is 2.37. The fourth-order valence-corrected chi connectivity index (χ4v) is 5.19. The molecule has 5 rings (SSSR count). The minimum absolute atomic E-state index is 0.0171. The number of nitrogens with one attached hydrogen (secondary N) is 1. The Balaban J connectivity index is 1.50. The third-order valence-electron chi connectivity index (χ3n) is 7.41. The fraction of sp³-hybridized carbons (Fsp3) is 0.345. The van der Waals surface area contributed by atoms with E-state index in [2.05, 4.69) is 10.1 Å². The summed E-state index contributed by atoms with van der Waals surface area (Å²) in [5.41, 5.74) is -0.769. The van der Waals surface area contributed by atoms with Crippen molar-refractivity contribution in [2.24, 2.45) is 0 Å². The van der Waals surface area contributed by atoms with Crippen molar-refractivity contribution >= 4 is 17.5 Å². The molecule has 2 aliphatic rings. The van der Waals surface area contributed by atoms with Gasteiger partial charge in [-0.15, -0.1) is 13.2 Å². The van der Waals surface area contributed by atoms with Crippen LogP contribution in [0.25, 0.3) is 0 Å². The highest BCUT2D eigenvalue weighted by Gasteiger charge is 2.46. The maximum Gasteiger partial charge on any atom is 0.573 e. The normalized spacial score (nSPS) is 20.1. The Bertz CT molecular complexity index is 1580. The van der Waals surface area contributed by atoms with Gasteiger partial charge in [-0.2, -0.15) is 0 Å². The molecule has 0 spiro atoms. The van der Waals surface area contributed by atoms with Crippen molar-refractivity contribution < 1.29 is 45.8 Å². The van der Waals surface area contributed by atoms with Gasteiger partial charge in [0.25, 0.3) is 11.5 Å². The quantitative estimate of drug-likeness (QED) is 0.388. The lowest BCUT2D eigenvalue weighted by Crippen LogP contribution is -2.45. The number of hydrogen-bond acceptors (Lipinski definition) is 6. The van der Waals surface area contributed by atoms with Gasteiger partial charge in [0.15, 0.2) is 0 Å². The summed E-state index contributed by atoms with van der Waals surface area (Å²) in [4.78, 5) is 41.6. The predicted octanol–water partition coefficient (Wildman–Crippen LogP) is 4.06. The monoisotopic (exact) mass is 607 g/mol. The summed E-state index contributed by atoms with van der Waals surface area (Å²) in [6.45, 7) is 2.06. The lowest BCUT2D eigenvalue weighted by Gasteiger charge is -2.28. The second-order valence-electron chi connectivity index (χ2n) is 10.2. The number of carbonyl (C=O) groups is 2. The Hall–Kier alpha value is -4.46. The maximum absolute atomic E-state index is 15.3. The predicted molar refractivity (Wildman–Crippen MR) is 142 cm³/mol. The Kier molecular flexibility index (Phi) is 8.14. The fourth-order valence-electron chi connectivity index (χ4n) is 5.19. The summed E-state index contributed by atoms with van der Waals surface area (Å²) >= 11 is 0. The van der Waals surface area contributed by atoms with Crippen LogP contribution in [0.5, 0.6) is 11.5 Å². The van der Waals surface area contributed by atoms with Crippen molar-refractivity contribution in [2.75, 3.05) is 25.2 Å². The van der Waals surface area contributed by atoms with Crippen LogP contribution in [0.4, 0.5) is 27.6 Å². The molecule has 2 saturated heterocycles. The second-order valence-corrected chi connectivity index (χ2v) is 10.2. The van der Waals surface area contributed by atoms with Crippen molar-refractivity contribution in [3.63, 3.8) is 0 Å². The summed E-state index contributed by atoms with van der Waals surface area (Å²) in [5, 5.41) is 2.46. The van der Waals surface area contributed by atoms with Crippen molar-refractivity contribution in [1.29, 1.82) is 0 Å². The standard InChI is InChI=1S/C29H26F5N3O6/c1-15-7-9-36(13-18-8-10-42-18)28(40)25(15)37-14-20(23-21(30)11-19(41-2)12-22(23)31)24(27(37)39)35-26(38)16-3-5-17(6-4-16)43-29(32,33)34/h3-7,9,11-12,18,20,24H,8,10,13-14H2,1-2H3,(H,35,38)/t18?,20-,24?/m0/s1. The zero-order chi connectivity index (χ0) is 31.1. The highest BCUT2D eigenvalue weighted by molar-refractivity contribution is 6.05. The summed E-state index contributed by atoms with van der Waals surface area (Å²) < 4.78 is 83.7.